The number of nitrogens with two attached hydrogens (primary N) is 1. The van der Waals surface area contributed by atoms with Gasteiger partial charge in [-0.2, -0.15) is 0 Å². The zero-order valence-corrected chi connectivity index (χ0v) is 9.80. The molecule has 0 heterocycles. The Morgan fingerprint density at radius 1 is 1.13 bits per heavy atom. The molecule has 0 bridgehead atoms. The van der Waals surface area contributed by atoms with Crippen molar-refractivity contribution in [1.82, 2.24) is 10.7 Å². The van der Waals surface area contributed by atoms with Crippen molar-refractivity contribution in [3.8, 4) is 0 Å². The minimum atomic E-state index is 0.227. The van der Waals surface area contributed by atoms with Gasteiger partial charge < -0.3 is 0 Å². The molecule has 1 aromatic carbocycles. The average Bonchev–Trinajstić information content (AvgIpc) is 2.18. The van der Waals surface area contributed by atoms with Crippen LogP contribution in [-0.2, 0) is 12.0 Å². The van der Waals surface area contributed by atoms with Gasteiger partial charge in [-0.15, -0.1) is 0 Å². The lowest BCUT2D eigenvalue weighted by molar-refractivity contribution is 0.587. The first-order chi connectivity index (χ1) is 7.04. The molecule has 0 fully saturated rings. The molecule has 0 saturated carbocycles. The Balaban J connectivity index is 2.57. The second-order valence-electron chi connectivity index (χ2n) is 4.75. The summed E-state index contributed by atoms with van der Waals surface area (Å²) in [7, 11) is 0. The summed E-state index contributed by atoms with van der Waals surface area (Å²) < 4.78 is 0. The van der Waals surface area contributed by atoms with E-state index < -0.39 is 0 Å². The van der Waals surface area contributed by atoms with Crippen LogP contribution in [0.1, 0.15) is 31.9 Å². The van der Waals surface area contributed by atoms with Crippen molar-refractivity contribution in [3.63, 3.8) is 0 Å². The fraction of sp³-hybridized carbons (Fsp3) is 0.500. The minimum Gasteiger partial charge on any atom is -0.299 e. The first-order valence-electron chi connectivity index (χ1n) is 5.27. The van der Waals surface area contributed by atoms with Gasteiger partial charge in [0.1, 0.15) is 0 Å². The SMILES string of the molecule is CC(C)(C)c1ccc(CNCNN)cc1. The maximum atomic E-state index is 5.16. The normalized spacial score (nSPS) is 11.7. The summed E-state index contributed by atoms with van der Waals surface area (Å²) in [6, 6.07) is 8.69. The van der Waals surface area contributed by atoms with E-state index in [0.717, 1.165) is 6.54 Å². The van der Waals surface area contributed by atoms with Crippen LogP contribution in [-0.4, -0.2) is 6.67 Å². The van der Waals surface area contributed by atoms with E-state index in [0.29, 0.717) is 6.67 Å². The van der Waals surface area contributed by atoms with Crippen LogP contribution in [0.3, 0.4) is 0 Å². The van der Waals surface area contributed by atoms with Gasteiger partial charge in [0.05, 0.1) is 6.67 Å². The van der Waals surface area contributed by atoms with E-state index in [4.69, 9.17) is 5.84 Å². The van der Waals surface area contributed by atoms with Crippen molar-refractivity contribution in [3.05, 3.63) is 35.4 Å². The summed E-state index contributed by atoms with van der Waals surface area (Å²) >= 11 is 0. The maximum absolute atomic E-state index is 5.16. The van der Waals surface area contributed by atoms with Gasteiger partial charge in [0.25, 0.3) is 0 Å². The van der Waals surface area contributed by atoms with Crippen LogP contribution in [0.2, 0.25) is 0 Å². The quantitative estimate of drug-likeness (QED) is 0.303. The van der Waals surface area contributed by atoms with Crippen LogP contribution in [0.25, 0.3) is 0 Å². The Hall–Kier alpha value is -0.900. The molecular weight excluding hydrogens is 186 g/mol. The highest BCUT2D eigenvalue weighted by atomic mass is 15.3. The van der Waals surface area contributed by atoms with E-state index in [-0.39, 0.29) is 5.41 Å². The monoisotopic (exact) mass is 207 g/mol. The lowest BCUT2D eigenvalue weighted by Gasteiger charge is -2.19. The van der Waals surface area contributed by atoms with Crippen LogP contribution in [0.4, 0.5) is 0 Å². The van der Waals surface area contributed by atoms with Crippen molar-refractivity contribution in [2.24, 2.45) is 5.84 Å². The number of hydrogen-bond donors (Lipinski definition) is 3. The molecular formula is C12H21N3. The Labute approximate surface area is 92.0 Å². The number of hydrazine groups is 1. The zero-order chi connectivity index (χ0) is 11.3. The molecule has 1 aromatic rings. The number of hydrogen-bond acceptors (Lipinski definition) is 3. The minimum absolute atomic E-state index is 0.227. The van der Waals surface area contributed by atoms with Gasteiger partial charge in [-0.25, -0.2) is 5.43 Å². The van der Waals surface area contributed by atoms with Crippen LogP contribution in [0, 0.1) is 0 Å². The second-order valence-corrected chi connectivity index (χ2v) is 4.75. The van der Waals surface area contributed by atoms with Crippen LogP contribution >= 0.6 is 0 Å². The van der Waals surface area contributed by atoms with E-state index in [2.05, 4.69) is 55.8 Å². The number of nitrogens with one attached hydrogen (secondary N) is 2. The predicted octanol–water partition coefficient (Wildman–Crippen LogP) is 1.49. The molecule has 0 atom stereocenters. The molecule has 1 rings (SSSR count). The smallest absolute Gasteiger partial charge is 0.0590 e. The molecule has 4 N–H and O–H groups in total. The Kier molecular flexibility index (Phi) is 4.27. The summed E-state index contributed by atoms with van der Waals surface area (Å²) in [5.74, 6) is 5.16. The third-order valence-corrected chi connectivity index (χ3v) is 2.38. The van der Waals surface area contributed by atoms with E-state index in [1.54, 1.807) is 0 Å². The largest absolute Gasteiger partial charge is 0.299 e. The van der Waals surface area contributed by atoms with Crippen molar-refractivity contribution < 1.29 is 0 Å². The molecule has 0 aromatic heterocycles. The standard InChI is InChI=1S/C12H21N3/c1-12(2,3)11-6-4-10(5-7-11)8-14-9-15-13/h4-7,14-15H,8-9,13H2,1-3H3. The van der Waals surface area contributed by atoms with Gasteiger partial charge in [0.15, 0.2) is 0 Å². The molecule has 0 aliphatic rings. The Morgan fingerprint density at radius 2 is 1.73 bits per heavy atom. The molecule has 84 valence electrons. The van der Waals surface area contributed by atoms with Crippen LogP contribution < -0.4 is 16.6 Å². The van der Waals surface area contributed by atoms with Gasteiger partial charge in [-0.3, -0.25) is 11.2 Å². The molecule has 0 aliphatic carbocycles. The Morgan fingerprint density at radius 3 is 2.20 bits per heavy atom. The van der Waals surface area contributed by atoms with Gasteiger partial charge >= 0.3 is 0 Å². The van der Waals surface area contributed by atoms with Crippen molar-refractivity contribution in [2.75, 3.05) is 6.67 Å². The van der Waals surface area contributed by atoms with Crippen LogP contribution in [0.5, 0.6) is 0 Å². The lowest BCUT2D eigenvalue weighted by Crippen LogP contribution is -2.33. The van der Waals surface area contributed by atoms with Crippen molar-refractivity contribution >= 4 is 0 Å². The van der Waals surface area contributed by atoms with Crippen molar-refractivity contribution in [1.29, 1.82) is 0 Å². The highest BCUT2D eigenvalue weighted by Gasteiger charge is 2.12. The molecule has 15 heavy (non-hydrogen) atoms. The van der Waals surface area contributed by atoms with E-state index in [1.165, 1.54) is 11.1 Å². The van der Waals surface area contributed by atoms with Gasteiger partial charge in [0, 0.05) is 6.54 Å². The Bertz CT molecular complexity index is 285. The summed E-state index contributed by atoms with van der Waals surface area (Å²) in [4.78, 5) is 0. The number of benzene rings is 1. The summed E-state index contributed by atoms with van der Waals surface area (Å²) in [5, 5.41) is 3.17. The number of rotatable bonds is 4. The summed E-state index contributed by atoms with van der Waals surface area (Å²) in [6.07, 6.45) is 0. The van der Waals surface area contributed by atoms with Gasteiger partial charge in [0.2, 0.25) is 0 Å². The van der Waals surface area contributed by atoms with Crippen LogP contribution in [0.15, 0.2) is 24.3 Å². The first kappa shape index (κ1) is 12.2. The first-order valence-corrected chi connectivity index (χ1v) is 5.27. The fourth-order valence-electron chi connectivity index (χ4n) is 1.40. The highest BCUT2D eigenvalue weighted by Crippen LogP contribution is 2.21. The molecule has 0 saturated heterocycles. The van der Waals surface area contributed by atoms with E-state index in [1.807, 2.05) is 0 Å². The maximum Gasteiger partial charge on any atom is 0.0590 e. The molecule has 0 unspecified atom stereocenters. The lowest BCUT2D eigenvalue weighted by atomic mass is 9.87. The molecule has 0 radical (unpaired) electrons. The summed E-state index contributed by atoms with van der Waals surface area (Å²) in [5.41, 5.74) is 5.43. The van der Waals surface area contributed by atoms with E-state index >= 15 is 0 Å². The molecule has 0 amide bonds. The average molecular weight is 207 g/mol. The molecule has 3 heteroatoms. The topological polar surface area (TPSA) is 50.1 Å². The summed E-state index contributed by atoms with van der Waals surface area (Å²) in [6.45, 7) is 8.13. The third-order valence-electron chi connectivity index (χ3n) is 2.38. The molecule has 0 spiro atoms. The fourth-order valence-corrected chi connectivity index (χ4v) is 1.40. The second kappa shape index (κ2) is 5.26. The van der Waals surface area contributed by atoms with Gasteiger partial charge in [-0.05, 0) is 16.5 Å². The third kappa shape index (κ3) is 4.00. The highest BCUT2D eigenvalue weighted by molar-refractivity contribution is 5.27. The predicted molar refractivity (Wildman–Crippen MR) is 64.2 cm³/mol. The van der Waals surface area contributed by atoms with Gasteiger partial charge in [-0.1, -0.05) is 45.0 Å². The molecule has 3 nitrogen and oxygen atoms in total. The van der Waals surface area contributed by atoms with Crippen molar-refractivity contribution in [2.45, 2.75) is 32.7 Å². The molecule has 0 aliphatic heterocycles. The van der Waals surface area contributed by atoms with E-state index in [9.17, 15) is 0 Å². The zero-order valence-electron chi connectivity index (χ0n) is 9.80.